The summed E-state index contributed by atoms with van der Waals surface area (Å²) in [5.41, 5.74) is 1.29. The molecule has 3 aliphatic carbocycles. The minimum absolute atomic E-state index is 0.0499. The molecule has 0 spiro atoms. The summed E-state index contributed by atoms with van der Waals surface area (Å²) in [5.74, 6) is -0.0836. The molecule has 0 heterocycles. The maximum Gasteiger partial charge on any atom is 0.319 e. The molecule has 0 radical (unpaired) electrons. The first-order chi connectivity index (χ1) is 13.0. The normalized spacial score (nSPS) is 24.4. The van der Waals surface area contributed by atoms with E-state index in [4.69, 9.17) is 5.11 Å². The van der Waals surface area contributed by atoms with Crippen LogP contribution in [0.4, 0.5) is 14.9 Å². The summed E-state index contributed by atoms with van der Waals surface area (Å²) in [6.45, 7) is 0.912. The Labute approximate surface area is 158 Å². The number of carbonyl (C=O) groups is 2. The molecule has 146 valence electrons. The van der Waals surface area contributed by atoms with Crippen molar-refractivity contribution < 1.29 is 19.1 Å². The molecule has 1 aromatic carbocycles. The number of urea groups is 1. The predicted octanol–water partition coefficient (Wildman–Crippen LogP) is 3.15. The molecule has 7 heteroatoms. The van der Waals surface area contributed by atoms with E-state index in [1.807, 2.05) is 4.90 Å². The number of nitrogens with one attached hydrogen (secondary N) is 2. The van der Waals surface area contributed by atoms with Crippen molar-refractivity contribution in [2.24, 2.45) is 5.92 Å². The number of benzene rings is 1. The van der Waals surface area contributed by atoms with Gasteiger partial charge in [-0.2, -0.15) is 0 Å². The van der Waals surface area contributed by atoms with Gasteiger partial charge in [-0.05, 0) is 74.1 Å². The maximum atomic E-state index is 13.8. The number of nitrogens with zero attached hydrogens (tertiary/aromatic N) is 1. The average Bonchev–Trinajstić information content (AvgIpc) is 3.45. The van der Waals surface area contributed by atoms with Gasteiger partial charge in [-0.3, -0.25) is 9.69 Å². The molecule has 3 aliphatic rings. The number of hydrogen-bond acceptors (Lipinski definition) is 3. The lowest BCUT2D eigenvalue weighted by atomic mass is 9.85. The van der Waals surface area contributed by atoms with E-state index in [1.54, 1.807) is 12.1 Å². The van der Waals surface area contributed by atoms with Crippen molar-refractivity contribution in [1.29, 1.82) is 0 Å². The number of amides is 2. The molecule has 3 N–H and O–H groups in total. The van der Waals surface area contributed by atoms with Crippen LogP contribution in [0.2, 0.25) is 0 Å². The van der Waals surface area contributed by atoms with E-state index in [2.05, 4.69) is 10.6 Å². The second-order valence-electron chi connectivity index (χ2n) is 8.20. The van der Waals surface area contributed by atoms with Crippen molar-refractivity contribution in [3.05, 3.63) is 29.6 Å². The fourth-order valence-electron chi connectivity index (χ4n) is 3.83. The molecule has 1 aromatic rings. The number of hydrogen-bond donors (Lipinski definition) is 3. The summed E-state index contributed by atoms with van der Waals surface area (Å²) < 4.78 is 13.8. The van der Waals surface area contributed by atoms with E-state index >= 15 is 0 Å². The van der Waals surface area contributed by atoms with Gasteiger partial charge in [0.1, 0.15) is 5.82 Å². The highest BCUT2D eigenvalue weighted by Crippen LogP contribution is 2.42. The Hall–Kier alpha value is -2.15. The molecule has 3 fully saturated rings. The first kappa shape index (κ1) is 18.2. The minimum Gasteiger partial charge on any atom is -0.480 e. The van der Waals surface area contributed by atoms with Crippen LogP contribution in [0.25, 0.3) is 0 Å². The molecular weight excluding hydrogens is 349 g/mol. The summed E-state index contributed by atoms with van der Waals surface area (Å²) in [6, 6.07) is 4.69. The molecule has 0 aliphatic heterocycles. The topological polar surface area (TPSA) is 81.7 Å². The van der Waals surface area contributed by atoms with Crippen molar-refractivity contribution in [2.45, 2.75) is 56.5 Å². The lowest BCUT2D eigenvalue weighted by molar-refractivity contribution is -0.139. The molecule has 4 rings (SSSR count). The van der Waals surface area contributed by atoms with Gasteiger partial charge in [0, 0.05) is 24.3 Å². The predicted molar refractivity (Wildman–Crippen MR) is 99.3 cm³/mol. The Bertz CT molecular complexity index is 727. The molecular formula is C20H26FN3O3. The first-order valence-electron chi connectivity index (χ1n) is 9.80. The molecule has 0 unspecified atom stereocenters. The summed E-state index contributed by atoms with van der Waals surface area (Å²) >= 11 is 0. The van der Waals surface area contributed by atoms with E-state index in [9.17, 15) is 14.0 Å². The van der Waals surface area contributed by atoms with Crippen LogP contribution in [0.3, 0.4) is 0 Å². The van der Waals surface area contributed by atoms with Crippen molar-refractivity contribution in [1.82, 2.24) is 10.2 Å². The quantitative estimate of drug-likeness (QED) is 0.652. The zero-order chi connectivity index (χ0) is 19.0. The molecule has 0 aromatic heterocycles. The highest BCUT2D eigenvalue weighted by molar-refractivity contribution is 5.89. The van der Waals surface area contributed by atoms with Gasteiger partial charge < -0.3 is 15.7 Å². The Morgan fingerprint density at radius 3 is 2.56 bits per heavy atom. The summed E-state index contributed by atoms with van der Waals surface area (Å²) in [7, 11) is 0. The van der Waals surface area contributed by atoms with E-state index in [-0.39, 0.29) is 36.4 Å². The molecule has 27 heavy (non-hydrogen) atoms. The van der Waals surface area contributed by atoms with Gasteiger partial charge >= 0.3 is 12.0 Å². The van der Waals surface area contributed by atoms with E-state index in [1.165, 1.54) is 18.9 Å². The van der Waals surface area contributed by atoms with E-state index < -0.39 is 5.97 Å². The average molecular weight is 375 g/mol. The Morgan fingerprint density at radius 1 is 1.19 bits per heavy atom. The largest absolute Gasteiger partial charge is 0.480 e. The van der Waals surface area contributed by atoms with E-state index in [0.29, 0.717) is 17.2 Å². The van der Waals surface area contributed by atoms with E-state index in [0.717, 1.165) is 32.2 Å². The Morgan fingerprint density at radius 2 is 1.93 bits per heavy atom. The van der Waals surface area contributed by atoms with Gasteiger partial charge in [-0.15, -0.1) is 0 Å². The Balaban J connectivity index is 1.25. The van der Waals surface area contributed by atoms with Crippen LogP contribution in [0.15, 0.2) is 18.2 Å². The second-order valence-corrected chi connectivity index (χ2v) is 8.20. The van der Waals surface area contributed by atoms with Crippen LogP contribution in [-0.2, 0) is 4.79 Å². The zero-order valence-corrected chi connectivity index (χ0v) is 15.3. The molecule has 0 bridgehead atoms. The summed E-state index contributed by atoms with van der Waals surface area (Å²) in [6.07, 6.45) is 5.92. The third-order valence-corrected chi connectivity index (χ3v) is 5.76. The van der Waals surface area contributed by atoms with Crippen molar-refractivity contribution in [3.63, 3.8) is 0 Å². The SMILES string of the molecule is O=C(O)CN(CC1CC1)C1CC(NC(=O)Nc2ccc(F)c(C3CC3)c2)C1. The first-order valence-corrected chi connectivity index (χ1v) is 9.80. The fourth-order valence-corrected chi connectivity index (χ4v) is 3.83. The highest BCUT2D eigenvalue weighted by atomic mass is 19.1. The van der Waals surface area contributed by atoms with Crippen LogP contribution in [-0.4, -0.2) is 47.2 Å². The fraction of sp³-hybridized carbons (Fsp3) is 0.600. The lowest BCUT2D eigenvalue weighted by Gasteiger charge is -2.42. The van der Waals surface area contributed by atoms with Gasteiger partial charge in [0.05, 0.1) is 6.54 Å². The highest BCUT2D eigenvalue weighted by Gasteiger charge is 2.37. The van der Waals surface area contributed by atoms with Crippen molar-refractivity contribution >= 4 is 17.7 Å². The molecule has 3 saturated carbocycles. The molecule has 0 saturated heterocycles. The zero-order valence-electron chi connectivity index (χ0n) is 15.3. The van der Waals surface area contributed by atoms with Gasteiger partial charge in [0.15, 0.2) is 0 Å². The summed E-state index contributed by atoms with van der Waals surface area (Å²) in [5, 5.41) is 14.8. The maximum absolute atomic E-state index is 13.8. The number of rotatable bonds is 8. The van der Waals surface area contributed by atoms with Gasteiger partial charge in [0.2, 0.25) is 0 Å². The molecule has 0 atom stereocenters. The van der Waals surface area contributed by atoms with Gasteiger partial charge in [0.25, 0.3) is 0 Å². The monoisotopic (exact) mass is 375 g/mol. The minimum atomic E-state index is -0.799. The van der Waals surface area contributed by atoms with Crippen LogP contribution < -0.4 is 10.6 Å². The third kappa shape index (κ3) is 4.77. The molecule has 6 nitrogen and oxygen atoms in total. The Kier molecular flexibility index (Phi) is 5.04. The smallest absolute Gasteiger partial charge is 0.319 e. The third-order valence-electron chi connectivity index (χ3n) is 5.76. The number of anilines is 1. The standard InChI is InChI=1S/C20H26FN3O3/c21-18-6-5-14(9-17(18)13-3-4-13)22-20(27)23-15-7-16(8-15)24(11-19(25)26)10-12-1-2-12/h5-6,9,12-13,15-16H,1-4,7-8,10-11H2,(H,25,26)(H2,22,23,27). The lowest BCUT2D eigenvalue weighted by Crippen LogP contribution is -2.55. The van der Waals surface area contributed by atoms with Crippen LogP contribution >= 0.6 is 0 Å². The number of halogens is 1. The number of carbonyl (C=O) groups excluding carboxylic acids is 1. The van der Waals surface area contributed by atoms with Crippen molar-refractivity contribution in [2.75, 3.05) is 18.4 Å². The van der Waals surface area contributed by atoms with Crippen molar-refractivity contribution in [3.8, 4) is 0 Å². The van der Waals surface area contributed by atoms with Gasteiger partial charge in [-0.25, -0.2) is 9.18 Å². The van der Waals surface area contributed by atoms with Crippen LogP contribution in [0.1, 0.15) is 50.0 Å². The second kappa shape index (κ2) is 7.46. The number of carboxylic acids is 1. The molecule has 2 amide bonds. The van der Waals surface area contributed by atoms with Crippen LogP contribution in [0.5, 0.6) is 0 Å². The number of carboxylic acid groups (broad SMARTS) is 1. The number of aliphatic carboxylic acids is 1. The van der Waals surface area contributed by atoms with Gasteiger partial charge in [-0.1, -0.05) is 0 Å². The van der Waals surface area contributed by atoms with Crippen LogP contribution in [0, 0.1) is 11.7 Å². The summed E-state index contributed by atoms with van der Waals surface area (Å²) in [4.78, 5) is 25.3.